The van der Waals surface area contributed by atoms with E-state index in [4.69, 9.17) is 15.0 Å². The topological polar surface area (TPSA) is 48.5 Å². The van der Waals surface area contributed by atoms with Crippen molar-refractivity contribution in [1.82, 2.24) is 24.1 Å². The summed E-state index contributed by atoms with van der Waals surface area (Å²) in [6, 6.07) is 75.7. The van der Waals surface area contributed by atoms with Gasteiger partial charge in [0.1, 0.15) is 0 Å². The Hall–Kier alpha value is -8.19. The van der Waals surface area contributed by atoms with Gasteiger partial charge in [0.15, 0.2) is 11.6 Å². The first-order chi connectivity index (χ1) is 31.2. The van der Waals surface area contributed by atoms with E-state index in [1.807, 2.05) is 0 Å². The number of benzene rings is 9. The van der Waals surface area contributed by atoms with Crippen molar-refractivity contribution in [2.45, 2.75) is 0 Å². The average Bonchev–Trinajstić information content (AvgIpc) is 4.01. The van der Waals surface area contributed by atoms with E-state index in [1.54, 1.807) is 11.3 Å². The van der Waals surface area contributed by atoms with Crippen molar-refractivity contribution >= 4 is 75.1 Å². The summed E-state index contributed by atoms with van der Waals surface area (Å²) in [4.78, 5) is 16.0. The minimum atomic E-state index is 0.573. The molecule has 9 aromatic carbocycles. The summed E-state index contributed by atoms with van der Waals surface area (Å²) in [6.45, 7) is 0. The van der Waals surface area contributed by atoms with Crippen LogP contribution in [0.1, 0.15) is 0 Å². The third-order valence-corrected chi connectivity index (χ3v) is 13.5. The molecular formula is C57H35N5S. The zero-order valence-corrected chi connectivity index (χ0v) is 34.7. The number of para-hydroxylation sites is 3. The van der Waals surface area contributed by atoms with E-state index in [9.17, 15) is 0 Å². The van der Waals surface area contributed by atoms with Gasteiger partial charge >= 0.3 is 0 Å². The van der Waals surface area contributed by atoms with Crippen LogP contribution in [0.25, 0.3) is 120 Å². The zero-order chi connectivity index (χ0) is 41.4. The highest BCUT2D eigenvalue weighted by atomic mass is 32.1. The second-order valence-corrected chi connectivity index (χ2v) is 17.1. The Morgan fingerprint density at radius 1 is 0.286 bits per heavy atom. The summed E-state index contributed by atoms with van der Waals surface area (Å²) in [6.07, 6.45) is 0. The Bertz CT molecular complexity index is 3920. The molecule has 13 aromatic rings. The summed E-state index contributed by atoms with van der Waals surface area (Å²) in [5.74, 6) is 1.81. The third-order valence-electron chi connectivity index (χ3n) is 12.4. The molecule has 0 saturated carbocycles. The predicted molar refractivity (Wildman–Crippen MR) is 263 cm³/mol. The van der Waals surface area contributed by atoms with Gasteiger partial charge in [-0.25, -0.2) is 4.98 Å². The van der Waals surface area contributed by atoms with Crippen molar-refractivity contribution in [2.24, 2.45) is 0 Å². The van der Waals surface area contributed by atoms with Crippen LogP contribution in [0.15, 0.2) is 212 Å². The molecule has 0 aliphatic carbocycles. The SMILES string of the molecule is c1ccc(-c2ccc3c(c2)c2ccccc2n3-c2nc(-c3cccc(-c4ccc5c6ccccc6n(-c6ccccc6)c5c4)c3)nc(-c3ccc4c(c3)sc3ccccc34)n2)cc1. The molecule has 0 radical (unpaired) electrons. The van der Waals surface area contributed by atoms with Crippen LogP contribution < -0.4 is 0 Å². The maximum absolute atomic E-state index is 5.36. The Morgan fingerprint density at radius 3 is 1.62 bits per heavy atom. The largest absolute Gasteiger partial charge is 0.309 e. The molecule has 4 aromatic heterocycles. The van der Waals surface area contributed by atoms with Crippen molar-refractivity contribution in [3.05, 3.63) is 212 Å². The molecule has 294 valence electrons. The molecular weight excluding hydrogens is 787 g/mol. The average molecular weight is 822 g/mol. The number of hydrogen-bond acceptors (Lipinski definition) is 4. The van der Waals surface area contributed by atoms with Gasteiger partial charge in [0, 0.05) is 58.5 Å². The van der Waals surface area contributed by atoms with E-state index < -0.39 is 0 Å². The number of aromatic nitrogens is 5. The number of thiophene rings is 1. The number of nitrogens with zero attached hydrogens (tertiary/aromatic N) is 5. The number of rotatable bonds is 6. The van der Waals surface area contributed by atoms with E-state index in [0.29, 0.717) is 17.6 Å². The molecule has 0 aliphatic rings. The first kappa shape index (κ1) is 35.6. The molecule has 4 heterocycles. The summed E-state index contributed by atoms with van der Waals surface area (Å²) in [7, 11) is 0. The van der Waals surface area contributed by atoms with Crippen molar-refractivity contribution in [2.75, 3.05) is 0 Å². The molecule has 6 heteroatoms. The van der Waals surface area contributed by atoms with Crippen LogP contribution in [0.3, 0.4) is 0 Å². The molecule has 0 saturated heterocycles. The maximum atomic E-state index is 5.36. The highest BCUT2D eigenvalue weighted by Crippen LogP contribution is 2.39. The molecule has 0 fully saturated rings. The summed E-state index contributed by atoms with van der Waals surface area (Å²) >= 11 is 1.80. The van der Waals surface area contributed by atoms with Gasteiger partial charge in [0.2, 0.25) is 5.95 Å². The fraction of sp³-hybridized carbons (Fsp3) is 0. The molecule has 0 aliphatic heterocycles. The summed E-state index contributed by atoms with van der Waals surface area (Å²) in [5.41, 5.74) is 12.0. The molecule has 13 rings (SSSR count). The van der Waals surface area contributed by atoms with Crippen LogP contribution in [0.2, 0.25) is 0 Å². The Morgan fingerprint density at radius 2 is 0.810 bits per heavy atom. The van der Waals surface area contributed by atoms with E-state index in [2.05, 4.69) is 221 Å². The van der Waals surface area contributed by atoms with Gasteiger partial charge in [-0.05, 0) is 82.9 Å². The Balaban J connectivity index is 1.01. The molecule has 0 unspecified atom stereocenters. The van der Waals surface area contributed by atoms with Gasteiger partial charge in [0.05, 0.1) is 22.1 Å². The van der Waals surface area contributed by atoms with E-state index in [-0.39, 0.29) is 0 Å². The number of hydrogen-bond donors (Lipinski definition) is 0. The van der Waals surface area contributed by atoms with Gasteiger partial charge in [0.25, 0.3) is 0 Å². The first-order valence-electron chi connectivity index (χ1n) is 21.2. The van der Waals surface area contributed by atoms with Gasteiger partial charge in [-0.3, -0.25) is 4.57 Å². The smallest absolute Gasteiger partial charge is 0.238 e. The quantitative estimate of drug-likeness (QED) is 0.168. The van der Waals surface area contributed by atoms with Crippen LogP contribution in [-0.4, -0.2) is 24.1 Å². The van der Waals surface area contributed by atoms with Crippen molar-refractivity contribution in [1.29, 1.82) is 0 Å². The van der Waals surface area contributed by atoms with Crippen molar-refractivity contribution in [3.8, 4) is 56.7 Å². The Labute approximate surface area is 366 Å². The van der Waals surface area contributed by atoms with Gasteiger partial charge in [-0.15, -0.1) is 11.3 Å². The highest BCUT2D eigenvalue weighted by molar-refractivity contribution is 7.25. The van der Waals surface area contributed by atoms with Gasteiger partial charge in [-0.2, -0.15) is 9.97 Å². The van der Waals surface area contributed by atoms with Gasteiger partial charge < -0.3 is 4.57 Å². The van der Waals surface area contributed by atoms with Crippen LogP contribution in [0.4, 0.5) is 0 Å². The molecule has 0 amide bonds. The molecule has 5 nitrogen and oxygen atoms in total. The van der Waals surface area contributed by atoms with Crippen LogP contribution in [0.5, 0.6) is 0 Å². The van der Waals surface area contributed by atoms with Crippen LogP contribution in [-0.2, 0) is 0 Å². The zero-order valence-electron chi connectivity index (χ0n) is 33.9. The monoisotopic (exact) mass is 821 g/mol. The molecule has 0 N–H and O–H groups in total. The molecule has 0 bridgehead atoms. The minimum absolute atomic E-state index is 0.573. The fourth-order valence-corrected chi connectivity index (χ4v) is 10.6. The Kier molecular flexibility index (Phi) is 8.01. The second-order valence-electron chi connectivity index (χ2n) is 16.0. The lowest BCUT2D eigenvalue weighted by atomic mass is 10.0. The van der Waals surface area contributed by atoms with Crippen LogP contribution in [0, 0.1) is 0 Å². The third kappa shape index (κ3) is 5.80. The van der Waals surface area contributed by atoms with Crippen molar-refractivity contribution in [3.63, 3.8) is 0 Å². The molecule has 0 atom stereocenters. The van der Waals surface area contributed by atoms with Gasteiger partial charge in [-0.1, -0.05) is 152 Å². The highest BCUT2D eigenvalue weighted by Gasteiger charge is 2.20. The second kappa shape index (κ2) is 14.2. The minimum Gasteiger partial charge on any atom is -0.309 e. The fourth-order valence-electron chi connectivity index (χ4n) is 9.43. The predicted octanol–water partition coefficient (Wildman–Crippen LogP) is 15.1. The molecule has 63 heavy (non-hydrogen) atoms. The van der Waals surface area contributed by atoms with Crippen LogP contribution >= 0.6 is 11.3 Å². The molecule has 0 spiro atoms. The first-order valence-corrected chi connectivity index (χ1v) is 22.0. The lowest BCUT2D eigenvalue weighted by Gasteiger charge is -2.12. The summed E-state index contributed by atoms with van der Waals surface area (Å²) in [5, 5.41) is 7.25. The normalized spacial score (nSPS) is 11.8. The van der Waals surface area contributed by atoms with Crippen molar-refractivity contribution < 1.29 is 0 Å². The van der Waals surface area contributed by atoms with E-state index in [0.717, 1.165) is 55.3 Å². The van der Waals surface area contributed by atoms with E-state index in [1.165, 1.54) is 47.6 Å². The standard InChI is InChI=1S/C57H35N5S/c1-3-14-36(15-4-1)38-28-31-51-48(33-38)44-21-8-11-24-50(44)62(51)57-59-55(58-56(60-57)41-27-30-47-46-22-9-12-25-53(46)63-54(47)35-41)40-17-13-16-37(32-40)39-26-29-45-43-20-7-10-23-49(43)61(52(45)34-39)42-18-5-2-6-19-42/h1-35H. The number of fused-ring (bicyclic) bond motifs is 9. The van der Waals surface area contributed by atoms with E-state index >= 15 is 0 Å². The maximum Gasteiger partial charge on any atom is 0.238 e. The summed E-state index contributed by atoms with van der Waals surface area (Å²) < 4.78 is 7.03. The lowest BCUT2D eigenvalue weighted by Crippen LogP contribution is -2.06. The lowest BCUT2D eigenvalue weighted by molar-refractivity contribution is 0.954.